The Morgan fingerprint density at radius 2 is 1.75 bits per heavy atom. The predicted molar refractivity (Wildman–Crippen MR) is 123 cm³/mol. The Hall–Kier alpha value is -2.20. The molecule has 1 fully saturated rings. The van der Waals surface area contributed by atoms with Gasteiger partial charge in [-0.25, -0.2) is 8.42 Å². The zero-order valence-corrected chi connectivity index (χ0v) is 19.6. The Balaban J connectivity index is 1.46. The van der Waals surface area contributed by atoms with E-state index in [1.165, 1.54) is 0 Å². The summed E-state index contributed by atoms with van der Waals surface area (Å²) in [5.41, 5.74) is 1.07. The van der Waals surface area contributed by atoms with Crippen molar-refractivity contribution in [2.75, 3.05) is 18.8 Å². The number of sulfonamides is 1. The maximum Gasteiger partial charge on any atom is 0.277 e. The van der Waals surface area contributed by atoms with E-state index >= 15 is 0 Å². The van der Waals surface area contributed by atoms with Gasteiger partial charge in [-0.1, -0.05) is 42.3 Å². The van der Waals surface area contributed by atoms with Crippen molar-refractivity contribution in [3.05, 3.63) is 59.1 Å². The van der Waals surface area contributed by atoms with Gasteiger partial charge in [-0.05, 0) is 55.3 Å². The molecule has 7 nitrogen and oxygen atoms in total. The van der Waals surface area contributed by atoms with Crippen LogP contribution in [0.15, 0.2) is 63.1 Å². The van der Waals surface area contributed by atoms with Gasteiger partial charge in [0.25, 0.3) is 5.22 Å². The van der Waals surface area contributed by atoms with Crippen LogP contribution in [0.25, 0.3) is 11.5 Å². The van der Waals surface area contributed by atoms with Gasteiger partial charge in [0.05, 0.1) is 10.6 Å². The van der Waals surface area contributed by atoms with E-state index in [9.17, 15) is 13.2 Å². The number of hydrogen-bond acceptors (Lipinski definition) is 7. The molecule has 0 atom stereocenters. The average Bonchev–Trinajstić information content (AvgIpc) is 3.10. The van der Waals surface area contributed by atoms with Crippen molar-refractivity contribution < 1.29 is 17.6 Å². The highest BCUT2D eigenvalue weighted by Crippen LogP contribution is 2.27. The highest BCUT2D eigenvalue weighted by Gasteiger charge is 2.26. The summed E-state index contributed by atoms with van der Waals surface area (Å²) in [5, 5.41) is 8.81. The zero-order chi connectivity index (χ0) is 22.6. The standard InChI is InChI=1S/C22H22ClN3O4S2/c23-18-10-8-16(9-11-18)20(27)15-31-22-25-24-21(30-22)17-6-5-7-19(14-17)32(28,29)26-12-3-1-2-4-13-26/h5-11,14H,1-4,12-13,15H2. The van der Waals surface area contributed by atoms with Crippen LogP contribution in [-0.4, -0.2) is 47.5 Å². The molecule has 0 saturated carbocycles. The Labute approximate surface area is 196 Å². The second-order valence-electron chi connectivity index (χ2n) is 7.44. The number of ketones is 1. The Kier molecular flexibility index (Phi) is 7.30. The minimum atomic E-state index is -3.58. The molecular weight excluding hydrogens is 470 g/mol. The number of carbonyl (C=O) groups excluding carboxylic acids is 1. The molecule has 0 amide bonds. The molecule has 0 radical (unpaired) electrons. The normalized spacial score (nSPS) is 15.4. The smallest absolute Gasteiger partial charge is 0.277 e. The van der Waals surface area contributed by atoms with Gasteiger partial charge in [-0.2, -0.15) is 4.31 Å². The van der Waals surface area contributed by atoms with E-state index in [1.807, 2.05) is 0 Å². The minimum absolute atomic E-state index is 0.0862. The monoisotopic (exact) mass is 491 g/mol. The van der Waals surface area contributed by atoms with Gasteiger partial charge < -0.3 is 4.42 Å². The van der Waals surface area contributed by atoms with Gasteiger partial charge in [0.15, 0.2) is 5.78 Å². The molecule has 168 valence electrons. The first-order valence-corrected chi connectivity index (χ1v) is 13.1. The Bertz CT molecular complexity index is 1190. The number of benzene rings is 2. The van der Waals surface area contributed by atoms with Crippen molar-refractivity contribution in [1.29, 1.82) is 0 Å². The van der Waals surface area contributed by atoms with Gasteiger partial charge in [0, 0.05) is 29.2 Å². The number of aromatic nitrogens is 2. The van der Waals surface area contributed by atoms with E-state index in [2.05, 4.69) is 10.2 Å². The van der Waals surface area contributed by atoms with Gasteiger partial charge in [-0.15, -0.1) is 10.2 Å². The molecular formula is C22H22ClN3O4S2. The van der Waals surface area contributed by atoms with E-state index in [0.717, 1.165) is 37.4 Å². The lowest BCUT2D eigenvalue weighted by molar-refractivity contribution is 0.102. The van der Waals surface area contributed by atoms with Crippen LogP contribution in [0.3, 0.4) is 0 Å². The Morgan fingerprint density at radius 1 is 1.03 bits per heavy atom. The molecule has 1 aliphatic heterocycles. The number of rotatable bonds is 7. The third kappa shape index (κ3) is 5.40. The van der Waals surface area contributed by atoms with Crippen molar-refractivity contribution in [2.45, 2.75) is 35.8 Å². The van der Waals surface area contributed by atoms with Crippen LogP contribution in [0, 0.1) is 0 Å². The first-order valence-electron chi connectivity index (χ1n) is 10.3. The van der Waals surface area contributed by atoms with Gasteiger partial charge in [0.1, 0.15) is 0 Å². The number of hydrogen-bond donors (Lipinski definition) is 0. The van der Waals surface area contributed by atoms with Crippen LogP contribution in [0.5, 0.6) is 0 Å². The van der Waals surface area contributed by atoms with E-state index in [0.29, 0.717) is 29.2 Å². The molecule has 3 aromatic rings. The summed E-state index contributed by atoms with van der Waals surface area (Å²) in [6.07, 6.45) is 3.85. The number of nitrogens with zero attached hydrogens (tertiary/aromatic N) is 3. The summed E-state index contributed by atoms with van der Waals surface area (Å²) >= 11 is 6.98. The van der Waals surface area contributed by atoms with Crippen LogP contribution in [0.4, 0.5) is 0 Å². The molecule has 32 heavy (non-hydrogen) atoms. The Morgan fingerprint density at radius 3 is 2.47 bits per heavy atom. The number of halogens is 1. The lowest BCUT2D eigenvalue weighted by Gasteiger charge is -2.20. The molecule has 1 saturated heterocycles. The first kappa shape index (κ1) is 23.0. The van der Waals surface area contributed by atoms with E-state index in [-0.39, 0.29) is 27.5 Å². The third-order valence-corrected chi connectivity index (χ3v) is 8.15. The van der Waals surface area contributed by atoms with E-state index in [4.69, 9.17) is 16.0 Å². The molecule has 1 aromatic heterocycles. The molecule has 0 N–H and O–H groups in total. The topological polar surface area (TPSA) is 93.4 Å². The van der Waals surface area contributed by atoms with E-state index in [1.54, 1.807) is 52.8 Å². The maximum absolute atomic E-state index is 13.1. The van der Waals surface area contributed by atoms with Gasteiger partial charge in [0.2, 0.25) is 15.9 Å². The van der Waals surface area contributed by atoms with Gasteiger partial charge in [-0.3, -0.25) is 4.79 Å². The van der Waals surface area contributed by atoms with Crippen LogP contribution < -0.4 is 0 Å². The third-order valence-electron chi connectivity index (χ3n) is 5.18. The van der Waals surface area contributed by atoms with Crippen LogP contribution in [0.2, 0.25) is 5.02 Å². The maximum atomic E-state index is 13.1. The highest BCUT2D eigenvalue weighted by molar-refractivity contribution is 7.99. The molecule has 1 aliphatic rings. The lowest BCUT2D eigenvalue weighted by Crippen LogP contribution is -2.31. The lowest BCUT2D eigenvalue weighted by atomic mass is 10.1. The van der Waals surface area contributed by atoms with E-state index < -0.39 is 10.0 Å². The summed E-state index contributed by atoms with van der Waals surface area (Å²) in [6.45, 7) is 1.07. The summed E-state index contributed by atoms with van der Waals surface area (Å²) in [4.78, 5) is 12.5. The van der Waals surface area contributed by atoms with Crippen molar-refractivity contribution >= 4 is 39.2 Å². The second-order valence-corrected chi connectivity index (χ2v) is 10.7. The molecule has 10 heteroatoms. The van der Waals surface area contributed by atoms with Crippen LogP contribution in [-0.2, 0) is 10.0 Å². The first-order chi connectivity index (χ1) is 15.4. The number of carbonyl (C=O) groups is 1. The summed E-state index contributed by atoms with van der Waals surface area (Å²) < 4.78 is 33.4. The molecule has 2 heterocycles. The van der Waals surface area contributed by atoms with Crippen molar-refractivity contribution in [2.24, 2.45) is 0 Å². The predicted octanol–water partition coefficient (Wildman–Crippen LogP) is 4.93. The quantitative estimate of drug-likeness (QED) is 0.341. The van der Waals surface area contributed by atoms with Crippen molar-refractivity contribution in [3.63, 3.8) is 0 Å². The fraction of sp³-hybridized carbons (Fsp3) is 0.318. The van der Waals surface area contributed by atoms with Gasteiger partial charge >= 0.3 is 0 Å². The van der Waals surface area contributed by atoms with Crippen LogP contribution in [0.1, 0.15) is 36.0 Å². The zero-order valence-electron chi connectivity index (χ0n) is 17.2. The molecule has 0 bridgehead atoms. The largest absolute Gasteiger partial charge is 0.411 e. The van der Waals surface area contributed by atoms with Crippen molar-refractivity contribution in [3.8, 4) is 11.5 Å². The SMILES string of the molecule is O=C(CSc1nnc(-c2cccc(S(=O)(=O)N3CCCCCC3)c2)o1)c1ccc(Cl)cc1. The summed E-state index contributed by atoms with van der Waals surface area (Å²) in [7, 11) is -3.58. The molecule has 0 unspecified atom stereocenters. The number of Topliss-reactive ketones (excluding diaryl/α,β-unsaturated/α-hetero) is 1. The second kappa shape index (κ2) is 10.2. The summed E-state index contributed by atoms with van der Waals surface area (Å²) in [5.74, 6) is 0.253. The van der Waals surface area contributed by atoms with Crippen LogP contribution >= 0.6 is 23.4 Å². The molecule has 0 spiro atoms. The van der Waals surface area contributed by atoms with Crippen molar-refractivity contribution in [1.82, 2.24) is 14.5 Å². The summed E-state index contributed by atoms with van der Waals surface area (Å²) in [6, 6.07) is 13.2. The molecule has 2 aromatic carbocycles. The highest BCUT2D eigenvalue weighted by atomic mass is 35.5. The minimum Gasteiger partial charge on any atom is -0.411 e. The molecule has 0 aliphatic carbocycles. The fourth-order valence-corrected chi connectivity index (χ4v) is 5.80. The molecule has 4 rings (SSSR count). The number of thioether (sulfide) groups is 1. The average molecular weight is 492 g/mol. The fourth-order valence-electron chi connectivity index (χ4n) is 3.45.